The maximum absolute atomic E-state index is 6.25. The van der Waals surface area contributed by atoms with Gasteiger partial charge in [0.2, 0.25) is 0 Å². The molecule has 0 aromatic rings. The summed E-state index contributed by atoms with van der Waals surface area (Å²) >= 11 is 0. The molecule has 0 radical (unpaired) electrons. The van der Waals surface area contributed by atoms with Crippen molar-refractivity contribution in [2.24, 2.45) is 5.92 Å². The van der Waals surface area contributed by atoms with E-state index in [9.17, 15) is 0 Å². The van der Waals surface area contributed by atoms with Crippen LogP contribution >= 0.6 is 0 Å². The Morgan fingerprint density at radius 1 is 0.545 bits per heavy atom. The highest BCUT2D eigenvalue weighted by atomic mass is 16.7. The molecule has 0 amide bonds. The monoisotopic (exact) mass is 310 g/mol. The Bertz CT molecular complexity index is 364. The summed E-state index contributed by atoms with van der Waals surface area (Å²) in [4.78, 5) is 0. The second-order valence-electron chi connectivity index (χ2n) is 9.07. The van der Waals surface area contributed by atoms with E-state index in [2.05, 4.69) is 69.2 Å². The van der Waals surface area contributed by atoms with Crippen LogP contribution < -0.4 is 0 Å². The van der Waals surface area contributed by atoms with Gasteiger partial charge in [-0.2, -0.15) is 0 Å². The molecule has 0 saturated carbocycles. The van der Waals surface area contributed by atoms with Crippen LogP contribution in [0.4, 0.5) is 0 Å². The minimum absolute atomic E-state index is 0.0297. The van der Waals surface area contributed by atoms with Gasteiger partial charge < -0.3 is 18.6 Å². The highest BCUT2D eigenvalue weighted by molar-refractivity contribution is 6.68. The first-order chi connectivity index (χ1) is 9.70. The molecule has 6 heteroatoms. The van der Waals surface area contributed by atoms with Crippen molar-refractivity contribution in [3.05, 3.63) is 0 Å². The summed E-state index contributed by atoms with van der Waals surface area (Å²) in [5.74, 6) is 0.324. The molecule has 2 heterocycles. The van der Waals surface area contributed by atoms with Gasteiger partial charge in [-0.1, -0.05) is 13.8 Å². The Morgan fingerprint density at radius 2 is 0.773 bits per heavy atom. The van der Waals surface area contributed by atoms with Gasteiger partial charge in [0.25, 0.3) is 0 Å². The molecule has 0 aliphatic carbocycles. The Hall–Kier alpha value is -0.0301. The molecular weight excluding hydrogens is 278 g/mol. The van der Waals surface area contributed by atoms with Crippen LogP contribution in [0.25, 0.3) is 0 Å². The zero-order valence-corrected chi connectivity index (χ0v) is 15.9. The van der Waals surface area contributed by atoms with Crippen molar-refractivity contribution in [3.8, 4) is 0 Å². The molecule has 0 aromatic carbocycles. The van der Waals surface area contributed by atoms with Crippen LogP contribution in [0.2, 0.25) is 5.72 Å². The third-order valence-electron chi connectivity index (χ3n) is 5.94. The van der Waals surface area contributed by atoms with Crippen molar-refractivity contribution < 1.29 is 18.6 Å². The molecule has 0 N–H and O–H groups in total. The molecule has 2 saturated heterocycles. The molecule has 2 aliphatic heterocycles. The summed E-state index contributed by atoms with van der Waals surface area (Å²) in [6, 6.07) is 0. The van der Waals surface area contributed by atoms with Crippen LogP contribution in [0.5, 0.6) is 0 Å². The summed E-state index contributed by atoms with van der Waals surface area (Å²) in [7, 11) is -0.639. The molecule has 126 valence electrons. The molecule has 2 aliphatic rings. The van der Waals surface area contributed by atoms with Crippen molar-refractivity contribution in [3.63, 3.8) is 0 Å². The highest BCUT2D eigenvalue weighted by Gasteiger charge is 2.62. The van der Waals surface area contributed by atoms with Crippen molar-refractivity contribution in [2.45, 2.75) is 97.4 Å². The van der Waals surface area contributed by atoms with Crippen LogP contribution in [0.3, 0.4) is 0 Å². The van der Waals surface area contributed by atoms with E-state index in [1.807, 2.05) is 0 Å². The third-order valence-corrected chi connectivity index (χ3v) is 5.94. The summed E-state index contributed by atoms with van der Waals surface area (Å²) in [5.41, 5.74) is -1.33. The molecule has 22 heavy (non-hydrogen) atoms. The average Bonchev–Trinajstić information content (AvgIpc) is 2.56. The molecular formula is C16H32B2O4. The quantitative estimate of drug-likeness (QED) is 0.744. The maximum Gasteiger partial charge on any atom is 0.459 e. The van der Waals surface area contributed by atoms with Crippen LogP contribution in [-0.4, -0.2) is 36.6 Å². The molecule has 0 bridgehead atoms. The first kappa shape index (κ1) is 18.3. The smallest absolute Gasteiger partial charge is 0.403 e. The Labute approximate surface area is 136 Å². The molecule has 2 fully saturated rings. The van der Waals surface area contributed by atoms with E-state index in [0.29, 0.717) is 5.92 Å². The van der Waals surface area contributed by atoms with Crippen molar-refractivity contribution in [1.82, 2.24) is 0 Å². The van der Waals surface area contributed by atoms with Crippen molar-refractivity contribution in [1.29, 1.82) is 0 Å². The van der Waals surface area contributed by atoms with Crippen LogP contribution in [-0.2, 0) is 18.6 Å². The van der Waals surface area contributed by atoms with E-state index < -0.39 is 0 Å². The Kier molecular flexibility index (Phi) is 4.36. The zero-order chi connectivity index (χ0) is 17.1. The minimum atomic E-state index is -0.339. The van der Waals surface area contributed by atoms with Crippen LogP contribution in [0, 0.1) is 5.92 Å². The van der Waals surface area contributed by atoms with Crippen LogP contribution in [0.15, 0.2) is 0 Å². The molecule has 0 atom stereocenters. The van der Waals surface area contributed by atoms with Crippen molar-refractivity contribution >= 4 is 14.2 Å². The summed E-state index contributed by atoms with van der Waals surface area (Å²) in [6.07, 6.45) is 0. The molecule has 0 unspecified atom stereocenters. The Morgan fingerprint density at radius 3 is 0.955 bits per heavy atom. The van der Waals surface area contributed by atoms with E-state index in [1.54, 1.807) is 0 Å². The van der Waals surface area contributed by atoms with Gasteiger partial charge in [-0.25, -0.2) is 0 Å². The van der Waals surface area contributed by atoms with Crippen LogP contribution in [0.1, 0.15) is 69.2 Å². The standard InChI is InChI=1S/C16H32B2O4/c1-11(2)12(17-19-13(3,4)14(5,6)20-17)18-21-15(7,8)16(9,10)22-18/h11-12H,1-10H3. The van der Waals surface area contributed by atoms with E-state index in [1.165, 1.54) is 0 Å². The first-order valence-electron chi connectivity index (χ1n) is 8.41. The van der Waals surface area contributed by atoms with E-state index in [0.717, 1.165) is 0 Å². The maximum atomic E-state index is 6.25. The fraction of sp³-hybridized carbons (Fsp3) is 1.00. The van der Waals surface area contributed by atoms with Gasteiger partial charge in [0.05, 0.1) is 22.4 Å². The van der Waals surface area contributed by atoms with Gasteiger partial charge in [0, 0.05) is 5.72 Å². The second kappa shape index (κ2) is 5.23. The molecule has 2 rings (SSSR count). The molecule has 0 spiro atoms. The zero-order valence-electron chi connectivity index (χ0n) is 15.9. The Balaban J connectivity index is 2.24. The third kappa shape index (κ3) is 2.88. The van der Waals surface area contributed by atoms with E-state index in [-0.39, 0.29) is 42.4 Å². The fourth-order valence-corrected chi connectivity index (χ4v) is 2.85. The first-order valence-corrected chi connectivity index (χ1v) is 8.41. The molecule has 0 aromatic heterocycles. The SMILES string of the molecule is CC(C)C(B1OC(C)(C)C(C)(C)O1)B1OC(C)(C)C(C)(C)O1. The van der Waals surface area contributed by atoms with E-state index in [4.69, 9.17) is 18.6 Å². The van der Waals surface area contributed by atoms with E-state index >= 15 is 0 Å². The summed E-state index contributed by atoms with van der Waals surface area (Å²) in [6.45, 7) is 21.0. The lowest BCUT2D eigenvalue weighted by Gasteiger charge is -2.32. The number of hydrogen-bond acceptors (Lipinski definition) is 4. The van der Waals surface area contributed by atoms with Gasteiger partial charge in [-0.3, -0.25) is 0 Å². The topological polar surface area (TPSA) is 36.9 Å². The predicted molar refractivity (Wildman–Crippen MR) is 90.8 cm³/mol. The van der Waals surface area contributed by atoms with Crippen molar-refractivity contribution in [2.75, 3.05) is 0 Å². The largest absolute Gasteiger partial charge is 0.459 e. The average molecular weight is 310 g/mol. The highest BCUT2D eigenvalue weighted by Crippen LogP contribution is 2.47. The van der Waals surface area contributed by atoms with Gasteiger partial charge in [0.1, 0.15) is 0 Å². The second-order valence-corrected chi connectivity index (χ2v) is 9.07. The normalized spacial score (nSPS) is 28.9. The fourth-order valence-electron chi connectivity index (χ4n) is 2.85. The number of hydrogen-bond donors (Lipinski definition) is 0. The van der Waals surface area contributed by atoms with Gasteiger partial charge in [-0.15, -0.1) is 0 Å². The molecule has 4 nitrogen and oxygen atoms in total. The van der Waals surface area contributed by atoms with Gasteiger partial charge >= 0.3 is 14.2 Å². The summed E-state index contributed by atoms with van der Waals surface area (Å²) < 4.78 is 25.0. The lowest BCUT2D eigenvalue weighted by molar-refractivity contribution is 0.00578. The lowest BCUT2D eigenvalue weighted by atomic mass is 9.47. The van der Waals surface area contributed by atoms with Gasteiger partial charge in [0.15, 0.2) is 0 Å². The minimum Gasteiger partial charge on any atom is -0.403 e. The summed E-state index contributed by atoms with van der Waals surface area (Å²) in [5, 5.41) is 0. The predicted octanol–water partition coefficient (Wildman–Crippen LogP) is 3.74. The number of rotatable bonds is 3. The van der Waals surface area contributed by atoms with Gasteiger partial charge in [-0.05, 0) is 61.3 Å². The lowest BCUT2D eigenvalue weighted by Crippen LogP contribution is -2.41.